The molecule has 0 bridgehead atoms. The lowest BCUT2D eigenvalue weighted by Crippen LogP contribution is -2.24. The van der Waals surface area contributed by atoms with Crippen LogP contribution in [0.15, 0.2) is 24.3 Å². The van der Waals surface area contributed by atoms with Crippen LogP contribution in [0.5, 0.6) is 0 Å². The fourth-order valence-corrected chi connectivity index (χ4v) is 1.04. The number of hydrogen-bond donors (Lipinski definition) is 1. The molecule has 0 aliphatic rings. The van der Waals surface area contributed by atoms with E-state index in [1.165, 1.54) is 24.0 Å². The van der Waals surface area contributed by atoms with Crippen LogP contribution in [0.1, 0.15) is 31.4 Å². The second-order valence-electron chi connectivity index (χ2n) is 3.95. The summed E-state index contributed by atoms with van der Waals surface area (Å²) >= 11 is 0. The molecule has 0 aliphatic carbocycles. The molecule has 0 amide bonds. The Morgan fingerprint density at radius 3 is 1.88 bits per heavy atom. The van der Waals surface area contributed by atoms with E-state index in [0.29, 0.717) is 6.92 Å². The fourth-order valence-electron chi connectivity index (χ4n) is 1.04. The number of hydrogen-bond acceptors (Lipinski definition) is 1. The van der Waals surface area contributed by atoms with Crippen LogP contribution in [0.3, 0.4) is 0 Å². The third-order valence-corrected chi connectivity index (χ3v) is 2.13. The average molecular weight is 248 g/mol. The van der Waals surface area contributed by atoms with Crippen LogP contribution >= 0.6 is 0 Å². The molecular formula is C13H19F3O. The van der Waals surface area contributed by atoms with Crippen LogP contribution in [0.2, 0.25) is 0 Å². The summed E-state index contributed by atoms with van der Waals surface area (Å²) in [4.78, 5) is 0. The summed E-state index contributed by atoms with van der Waals surface area (Å²) in [5.74, 6) is 0. The highest BCUT2D eigenvalue weighted by Crippen LogP contribution is 2.18. The summed E-state index contributed by atoms with van der Waals surface area (Å²) in [6.07, 6.45) is -4.20. The number of halogens is 3. The first-order chi connectivity index (χ1) is 7.77. The molecule has 4 heteroatoms. The molecule has 1 nitrogen and oxygen atoms in total. The number of benzene rings is 1. The van der Waals surface area contributed by atoms with Crippen molar-refractivity contribution < 1.29 is 18.3 Å². The van der Waals surface area contributed by atoms with Crippen LogP contribution in [0.25, 0.3) is 0 Å². The summed E-state index contributed by atoms with van der Waals surface area (Å²) < 4.78 is 32.8. The monoisotopic (exact) mass is 248 g/mol. The van der Waals surface area contributed by atoms with Gasteiger partial charge in [0.1, 0.15) is 6.10 Å². The molecule has 1 aromatic carbocycles. The van der Waals surface area contributed by atoms with Crippen molar-refractivity contribution in [1.82, 2.24) is 0 Å². The predicted molar refractivity (Wildman–Crippen MR) is 62.9 cm³/mol. The second-order valence-corrected chi connectivity index (χ2v) is 3.95. The molecule has 0 heterocycles. The standard InChI is InChI=1S/C10H14.C3H5F3O/c1-3-4-10-7-5-9(2)6-8-10;1-2(7)3(4,5)6/h5-8H,3-4H2,1-2H3;2,7H,1H3. The van der Waals surface area contributed by atoms with E-state index in [0.717, 1.165) is 0 Å². The molecule has 1 atom stereocenters. The molecule has 0 aliphatic heterocycles. The van der Waals surface area contributed by atoms with Crippen LogP contribution in [0.4, 0.5) is 13.2 Å². The molecule has 1 unspecified atom stereocenters. The Hall–Kier alpha value is -1.03. The SMILES string of the molecule is CC(O)C(F)(F)F.CCCc1ccc(C)cc1. The van der Waals surface area contributed by atoms with Gasteiger partial charge in [-0.3, -0.25) is 0 Å². The molecule has 1 N–H and O–H groups in total. The van der Waals surface area contributed by atoms with Gasteiger partial charge in [0.25, 0.3) is 0 Å². The van der Waals surface area contributed by atoms with E-state index in [-0.39, 0.29) is 0 Å². The summed E-state index contributed by atoms with van der Waals surface area (Å²) in [6, 6.07) is 8.76. The zero-order valence-corrected chi connectivity index (χ0v) is 10.4. The highest BCUT2D eigenvalue weighted by Gasteiger charge is 2.33. The van der Waals surface area contributed by atoms with E-state index in [4.69, 9.17) is 5.11 Å². The Morgan fingerprint density at radius 2 is 1.59 bits per heavy atom. The van der Waals surface area contributed by atoms with E-state index in [1.807, 2.05) is 0 Å². The molecule has 0 saturated heterocycles. The highest BCUT2D eigenvalue weighted by molar-refractivity contribution is 5.21. The Labute approximate surface area is 100 Å². The molecule has 0 saturated carbocycles. The molecule has 0 aromatic heterocycles. The topological polar surface area (TPSA) is 20.2 Å². The minimum absolute atomic E-state index is 0.681. The second kappa shape index (κ2) is 7.33. The van der Waals surface area contributed by atoms with Crippen LogP contribution in [0, 0.1) is 6.92 Å². The number of alkyl halides is 3. The summed E-state index contributed by atoms with van der Waals surface area (Å²) in [6.45, 7) is 5.01. The van der Waals surface area contributed by atoms with Gasteiger partial charge in [-0.2, -0.15) is 13.2 Å². The molecule has 98 valence electrons. The maximum absolute atomic E-state index is 10.9. The third-order valence-electron chi connectivity index (χ3n) is 2.13. The largest absolute Gasteiger partial charge is 0.414 e. The lowest BCUT2D eigenvalue weighted by atomic mass is 10.1. The Balaban J connectivity index is 0.000000325. The lowest BCUT2D eigenvalue weighted by Gasteiger charge is -2.06. The van der Waals surface area contributed by atoms with Gasteiger partial charge in [0.2, 0.25) is 0 Å². The van der Waals surface area contributed by atoms with Crippen LogP contribution < -0.4 is 0 Å². The Bertz CT molecular complexity index is 301. The number of aliphatic hydroxyl groups is 1. The third kappa shape index (κ3) is 7.80. The fraction of sp³-hybridized carbons (Fsp3) is 0.538. The zero-order valence-electron chi connectivity index (χ0n) is 10.4. The maximum atomic E-state index is 10.9. The summed E-state index contributed by atoms with van der Waals surface area (Å²) in [7, 11) is 0. The van der Waals surface area contributed by atoms with E-state index >= 15 is 0 Å². The van der Waals surface area contributed by atoms with Gasteiger partial charge in [-0.25, -0.2) is 0 Å². The van der Waals surface area contributed by atoms with Crippen molar-refractivity contribution in [2.24, 2.45) is 0 Å². The molecule has 0 radical (unpaired) electrons. The van der Waals surface area contributed by atoms with Crippen molar-refractivity contribution in [3.63, 3.8) is 0 Å². The van der Waals surface area contributed by atoms with Gasteiger partial charge in [-0.1, -0.05) is 43.2 Å². The van der Waals surface area contributed by atoms with Gasteiger partial charge >= 0.3 is 6.18 Å². The number of aryl methyl sites for hydroxylation is 2. The quantitative estimate of drug-likeness (QED) is 0.842. The number of rotatable bonds is 2. The van der Waals surface area contributed by atoms with Crippen molar-refractivity contribution in [3.8, 4) is 0 Å². The van der Waals surface area contributed by atoms with Crippen LogP contribution in [-0.4, -0.2) is 17.4 Å². The van der Waals surface area contributed by atoms with Crippen molar-refractivity contribution in [2.45, 2.75) is 45.9 Å². The first-order valence-electron chi connectivity index (χ1n) is 5.57. The van der Waals surface area contributed by atoms with E-state index in [2.05, 4.69) is 38.1 Å². The van der Waals surface area contributed by atoms with E-state index in [1.54, 1.807) is 0 Å². The molecular weight excluding hydrogens is 229 g/mol. The van der Waals surface area contributed by atoms with Crippen molar-refractivity contribution in [1.29, 1.82) is 0 Å². The van der Waals surface area contributed by atoms with E-state index in [9.17, 15) is 13.2 Å². The van der Waals surface area contributed by atoms with Gasteiger partial charge in [0.15, 0.2) is 0 Å². The Morgan fingerprint density at radius 1 is 1.18 bits per heavy atom. The molecule has 0 fully saturated rings. The summed E-state index contributed by atoms with van der Waals surface area (Å²) in [5, 5.41) is 7.76. The van der Waals surface area contributed by atoms with Gasteiger partial charge < -0.3 is 5.11 Å². The maximum Gasteiger partial charge on any atom is 0.414 e. The van der Waals surface area contributed by atoms with Gasteiger partial charge in [0.05, 0.1) is 0 Å². The van der Waals surface area contributed by atoms with Gasteiger partial charge in [-0.05, 0) is 25.8 Å². The first-order valence-corrected chi connectivity index (χ1v) is 5.57. The first kappa shape index (κ1) is 16.0. The van der Waals surface area contributed by atoms with Crippen LogP contribution in [-0.2, 0) is 6.42 Å². The minimum atomic E-state index is -4.44. The Kier molecular flexibility index (Phi) is 6.88. The van der Waals surface area contributed by atoms with Gasteiger partial charge in [0, 0.05) is 0 Å². The minimum Gasteiger partial charge on any atom is -0.384 e. The smallest absolute Gasteiger partial charge is 0.384 e. The van der Waals surface area contributed by atoms with Gasteiger partial charge in [-0.15, -0.1) is 0 Å². The molecule has 1 aromatic rings. The van der Waals surface area contributed by atoms with Crippen molar-refractivity contribution in [2.75, 3.05) is 0 Å². The van der Waals surface area contributed by atoms with E-state index < -0.39 is 12.3 Å². The predicted octanol–water partition coefficient (Wildman–Crippen LogP) is 3.88. The number of aliphatic hydroxyl groups excluding tert-OH is 1. The van der Waals surface area contributed by atoms with Crippen molar-refractivity contribution in [3.05, 3.63) is 35.4 Å². The molecule has 17 heavy (non-hydrogen) atoms. The molecule has 1 rings (SSSR count). The summed E-state index contributed by atoms with van der Waals surface area (Å²) in [5.41, 5.74) is 2.80. The molecule has 0 spiro atoms. The lowest BCUT2D eigenvalue weighted by molar-refractivity contribution is -0.197. The highest BCUT2D eigenvalue weighted by atomic mass is 19.4. The average Bonchev–Trinajstić information content (AvgIpc) is 2.21. The van der Waals surface area contributed by atoms with Crippen molar-refractivity contribution >= 4 is 0 Å². The zero-order chi connectivity index (χ0) is 13.5. The normalized spacial score (nSPS) is 12.6.